The monoisotopic (exact) mass is 349 g/mol. The van der Waals surface area contributed by atoms with Crippen LogP contribution in [-0.2, 0) is 4.74 Å². The molecule has 1 fully saturated rings. The van der Waals surface area contributed by atoms with Gasteiger partial charge in [-0.25, -0.2) is 4.79 Å². The van der Waals surface area contributed by atoms with E-state index < -0.39 is 11.7 Å². The quantitative estimate of drug-likeness (QED) is 0.629. The van der Waals surface area contributed by atoms with Crippen molar-refractivity contribution in [2.24, 2.45) is 0 Å². The van der Waals surface area contributed by atoms with E-state index in [0.29, 0.717) is 12.1 Å². The van der Waals surface area contributed by atoms with Gasteiger partial charge in [0.05, 0.1) is 4.92 Å². The number of carbonyl (C=O) groups is 1. The summed E-state index contributed by atoms with van der Waals surface area (Å²) < 4.78 is 5.30. The second-order valence-corrected chi connectivity index (χ2v) is 7.58. The van der Waals surface area contributed by atoms with E-state index in [1.807, 2.05) is 33.8 Å². The summed E-state index contributed by atoms with van der Waals surface area (Å²) in [7, 11) is 0. The van der Waals surface area contributed by atoms with Gasteiger partial charge in [-0.2, -0.15) is 0 Å². The van der Waals surface area contributed by atoms with Crippen molar-refractivity contribution in [3.8, 4) is 0 Å². The van der Waals surface area contributed by atoms with E-state index in [4.69, 9.17) is 4.74 Å². The lowest BCUT2D eigenvalue weighted by Gasteiger charge is -2.31. The molecule has 0 radical (unpaired) electrons. The fraction of sp³-hybridized carbons (Fsp3) is 0.611. The molecule has 0 heterocycles. The Bertz CT molecular complexity index is 640. The van der Waals surface area contributed by atoms with Crippen LogP contribution in [0, 0.1) is 17.0 Å². The summed E-state index contributed by atoms with van der Waals surface area (Å²) in [4.78, 5) is 22.8. The number of rotatable bonds is 4. The molecule has 1 aromatic rings. The van der Waals surface area contributed by atoms with Gasteiger partial charge in [0.2, 0.25) is 0 Å². The minimum atomic E-state index is -0.530. The zero-order valence-corrected chi connectivity index (χ0v) is 15.3. The van der Waals surface area contributed by atoms with Gasteiger partial charge in [-0.1, -0.05) is 12.1 Å². The van der Waals surface area contributed by atoms with Gasteiger partial charge in [0.1, 0.15) is 11.3 Å². The highest BCUT2D eigenvalue weighted by Crippen LogP contribution is 2.31. The summed E-state index contributed by atoms with van der Waals surface area (Å²) >= 11 is 0. The highest BCUT2D eigenvalue weighted by molar-refractivity contribution is 5.68. The molecule has 0 bridgehead atoms. The van der Waals surface area contributed by atoms with Crippen molar-refractivity contribution >= 4 is 17.5 Å². The molecule has 0 aromatic heterocycles. The number of aryl methyl sites for hydroxylation is 1. The standard InChI is InChI=1S/C18H27N3O4/c1-12-7-5-10-15(21(23)24)16(12)19-13-8-6-9-14(11-13)20-17(22)25-18(2,3)4/h5,7,10,13-14,19H,6,8-9,11H2,1-4H3,(H,20,22)/t13-,14+/m1/s1. The molecular formula is C18H27N3O4. The van der Waals surface area contributed by atoms with Crippen molar-refractivity contribution in [3.05, 3.63) is 33.9 Å². The Kier molecular flexibility index (Phi) is 5.87. The molecule has 0 aliphatic heterocycles. The molecule has 0 unspecified atom stereocenters. The fourth-order valence-electron chi connectivity index (χ4n) is 3.12. The maximum atomic E-state index is 11.9. The van der Waals surface area contributed by atoms with Crippen LogP contribution in [-0.4, -0.2) is 28.7 Å². The predicted octanol–water partition coefficient (Wildman–Crippen LogP) is 4.15. The molecule has 1 amide bonds. The zero-order valence-electron chi connectivity index (χ0n) is 15.3. The number of alkyl carbamates (subject to hydrolysis) is 1. The van der Waals surface area contributed by atoms with Crippen LogP contribution in [0.15, 0.2) is 18.2 Å². The Morgan fingerprint density at radius 3 is 2.60 bits per heavy atom. The number of benzene rings is 1. The molecule has 7 heteroatoms. The first-order chi connectivity index (χ1) is 11.7. The zero-order chi connectivity index (χ0) is 18.6. The van der Waals surface area contributed by atoms with Crippen molar-refractivity contribution in [2.75, 3.05) is 5.32 Å². The first-order valence-electron chi connectivity index (χ1n) is 8.66. The molecule has 2 atom stereocenters. The average Bonchev–Trinajstić information content (AvgIpc) is 2.47. The largest absolute Gasteiger partial charge is 0.444 e. The van der Waals surface area contributed by atoms with Gasteiger partial charge in [-0.15, -0.1) is 0 Å². The normalized spacial score (nSPS) is 20.6. The highest BCUT2D eigenvalue weighted by atomic mass is 16.6. The SMILES string of the molecule is Cc1cccc([N+](=O)[O-])c1N[C@@H]1CCC[C@H](NC(=O)OC(C)(C)C)C1. The van der Waals surface area contributed by atoms with Gasteiger partial charge in [-0.3, -0.25) is 10.1 Å². The third-order valence-corrected chi connectivity index (χ3v) is 4.19. The number of hydrogen-bond donors (Lipinski definition) is 2. The maximum absolute atomic E-state index is 11.9. The summed E-state index contributed by atoms with van der Waals surface area (Å²) in [6.45, 7) is 7.34. The lowest BCUT2D eigenvalue weighted by molar-refractivity contribution is -0.384. The Morgan fingerprint density at radius 2 is 1.96 bits per heavy atom. The van der Waals surface area contributed by atoms with E-state index in [-0.39, 0.29) is 22.7 Å². The molecule has 2 rings (SSSR count). The predicted molar refractivity (Wildman–Crippen MR) is 96.9 cm³/mol. The first kappa shape index (κ1) is 19.0. The second-order valence-electron chi connectivity index (χ2n) is 7.58. The van der Waals surface area contributed by atoms with Crippen LogP contribution >= 0.6 is 0 Å². The third kappa shape index (κ3) is 5.62. The van der Waals surface area contributed by atoms with Gasteiger partial charge in [0.25, 0.3) is 5.69 Å². The summed E-state index contributed by atoms with van der Waals surface area (Å²) in [5, 5.41) is 17.5. The third-order valence-electron chi connectivity index (χ3n) is 4.19. The van der Waals surface area contributed by atoms with Gasteiger partial charge in [0, 0.05) is 18.2 Å². The number of nitro groups is 1. The second kappa shape index (κ2) is 7.72. The van der Waals surface area contributed by atoms with E-state index in [2.05, 4.69) is 10.6 Å². The minimum Gasteiger partial charge on any atom is -0.444 e. The molecule has 2 N–H and O–H groups in total. The number of nitrogens with zero attached hydrogens (tertiary/aromatic N) is 1. The number of ether oxygens (including phenoxy) is 1. The van der Waals surface area contributed by atoms with Crippen LogP contribution in [0.4, 0.5) is 16.2 Å². The van der Waals surface area contributed by atoms with Crippen LogP contribution in [0.25, 0.3) is 0 Å². The van der Waals surface area contributed by atoms with E-state index in [0.717, 1.165) is 24.8 Å². The molecule has 1 aliphatic carbocycles. The number of hydrogen-bond acceptors (Lipinski definition) is 5. The topological polar surface area (TPSA) is 93.5 Å². The molecular weight excluding hydrogens is 322 g/mol. The lowest BCUT2D eigenvalue weighted by Crippen LogP contribution is -2.44. The number of nitro benzene ring substituents is 1. The van der Waals surface area contributed by atoms with Crippen LogP contribution in [0.3, 0.4) is 0 Å². The smallest absolute Gasteiger partial charge is 0.407 e. The van der Waals surface area contributed by atoms with Gasteiger partial charge in [0.15, 0.2) is 0 Å². The fourth-order valence-corrected chi connectivity index (χ4v) is 3.12. The summed E-state index contributed by atoms with van der Waals surface area (Å²) in [6.07, 6.45) is 3.04. The van der Waals surface area contributed by atoms with Crippen molar-refractivity contribution in [3.63, 3.8) is 0 Å². The number of para-hydroxylation sites is 1. The Labute approximate surface area is 148 Å². The molecule has 138 valence electrons. The van der Waals surface area contributed by atoms with Crippen LogP contribution in [0.1, 0.15) is 52.0 Å². The number of nitrogens with one attached hydrogen (secondary N) is 2. The molecule has 0 spiro atoms. The Hall–Kier alpha value is -2.31. The summed E-state index contributed by atoms with van der Waals surface area (Å²) in [6, 6.07) is 5.13. The summed E-state index contributed by atoms with van der Waals surface area (Å²) in [5.74, 6) is 0. The number of anilines is 1. The van der Waals surface area contributed by atoms with Crippen LogP contribution < -0.4 is 10.6 Å². The van der Waals surface area contributed by atoms with Crippen LogP contribution in [0.2, 0.25) is 0 Å². The molecule has 25 heavy (non-hydrogen) atoms. The Balaban J connectivity index is 2.01. The van der Waals surface area contributed by atoms with Crippen molar-refractivity contribution < 1.29 is 14.5 Å². The van der Waals surface area contributed by atoms with Gasteiger partial charge >= 0.3 is 6.09 Å². The van der Waals surface area contributed by atoms with Crippen molar-refractivity contribution in [2.45, 2.75) is 71.1 Å². The molecule has 1 aromatic carbocycles. The van der Waals surface area contributed by atoms with E-state index >= 15 is 0 Å². The van der Waals surface area contributed by atoms with Crippen molar-refractivity contribution in [1.82, 2.24) is 5.32 Å². The average molecular weight is 349 g/mol. The van der Waals surface area contributed by atoms with E-state index in [1.165, 1.54) is 6.07 Å². The van der Waals surface area contributed by atoms with Gasteiger partial charge < -0.3 is 15.4 Å². The first-order valence-corrected chi connectivity index (χ1v) is 8.66. The Morgan fingerprint density at radius 1 is 1.28 bits per heavy atom. The van der Waals surface area contributed by atoms with E-state index in [1.54, 1.807) is 6.07 Å². The minimum absolute atomic E-state index is 0.00387. The summed E-state index contributed by atoms with van der Waals surface area (Å²) in [5.41, 5.74) is 0.965. The number of carbonyl (C=O) groups excluding carboxylic acids is 1. The molecule has 0 saturated heterocycles. The van der Waals surface area contributed by atoms with Gasteiger partial charge in [-0.05, 0) is 58.9 Å². The molecule has 7 nitrogen and oxygen atoms in total. The highest BCUT2D eigenvalue weighted by Gasteiger charge is 2.27. The molecule has 1 saturated carbocycles. The van der Waals surface area contributed by atoms with Crippen molar-refractivity contribution in [1.29, 1.82) is 0 Å². The van der Waals surface area contributed by atoms with Crippen LogP contribution in [0.5, 0.6) is 0 Å². The number of amides is 1. The van der Waals surface area contributed by atoms with E-state index in [9.17, 15) is 14.9 Å². The maximum Gasteiger partial charge on any atom is 0.407 e. The molecule has 1 aliphatic rings. The lowest BCUT2D eigenvalue weighted by atomic mass is 9.90.